The van der Waals surface area contributed by atoms with Crippen LogP contribution in [0.5, 0.6) is 0 Å². The van der Waals surface area contributed by atoms with Gasteiger partial charge in [0.1, 0.15) is 6.61 Å². The molecule has 0 aliphatic heterocycles. The number of amides is 1. The summed E-state index contributed by atoms with van der Waals surface area (Å²) >= 11 is 1.35. The number of carbonyl (C=O) groups excluding carboxylic acids is 1. The van der Waals surface area contributed by atoms with Crippen molar-refractivity contribution >= 4 is 17.2 Å². The lowest BCUT2D eigenvalue weighted by Crippen LogP contribution is -2.22. The average molecular weight is 263 g/mol. The lowest BCUT2D eigenvalue weighted by atomic mass is 10.3. The van der Waals surface area contributed by atoms with Gasteiger partial charge >= 0.3 is 0 Å². The van der Waals surface area contributed by atoms with Crippen LogP contribution in [-0.2, 0) is 6.54 Å². The molecule has 0 saturated carbocycles. The zero-order valence-electron chi connectivity index (χ0n) is 9.17. The lowest BCUT2D eigenvalue weighted by molar-refractivity contribution is 0.0950. The van der Waals surface area contributed by atoms with Gasteiger partial charge < -0.3 is 10.4 Å². The standard InChI is InChI=1S/C10H9N5O2S/c16-3-1-2-8-4-7(6-18-8)10(17)11-5-9-12-14-15-13-9/h4,6,16H,3,5H2,(H,11,17)(H,12,13,14,15). The van der Waals surface area contributed by atoms with E-state index < -0.39 is 0 Å². The molecule has 2 heterocycles. The Bertz CT molecular complexity index is 581. The maximum absolute atomic E-state index is 11.7. The zero-order chi connectivity index (χ0) is 12.8. The molecule has 7 nitrogen and oxygen atoms in total. The van der Waals surface area contributed by atoms with Crippen LogP contribution in [0.15, 0.2) is 11.4 Å². The van der Waals surface area contributed by atoms with E-state index in [0.717, 1.165) is 4.88 Å². The second kappa shape index (κ2) is 5.90. The van der Waals surface area contributed by atoms with Crippen LogP contribution in [0.4, 0.5) is 0 Å². The van der Waals surface area contributed by atoms with E-state index >= 15 is 0 Å². The van der Waals surface area contributed by atoms with Crippen molar-refractivity contribution in [2.75, 3.05) is 6.61 Å². The van der Waals surface area contributed by atoms with Gasteiger partial charge in [0.25, 0.3) is 5.91 Å². The van der Waals surface area contributed by atoms with Crippen molar-refractivity contribution in [2.24, 2.45) is 0 Å². The monoisotopic (exact) mass is 263 g/mol. The Morgan fingerprint density at radius 3 is 3.22 bits per heavy atom. The van der Waals surface area contributed by atoms with Crippen molar-refractivity contribution in [3.63, 3.8) is 0 Å². The Labute approximate surface area is 106 Å². The van der Waals surface area contributed by atoms with Gasteiger partial charge in [0.2, 0.25) is 0 Å². The molecule has 0 unspecified atom stereocenters. The fraction of sp³-hybridized carbons (Fsp3) is 0.200. The number of aromatic amines is 1. The van der Waals surface area contributed by atoms with Crippen molar-refractivity contribution in [3.05, 3.63) is 27.7 Å². The first-order chi connectivity index (χ1) is 8.79. The molecule has 1 amide bonds. The summed E-state index contributed by atoms with van der Waals surface area (Å²) in [5, 5.41) is 26.0. The highest BCUT2D eigenvalue weighted by molar-refractivity contribution is 7.10. The van der Waals surface area contributed by atoms with Gasteiger partial charge in [-0.3, -0.25) is 4.79 Å². The number of hydrogen-bond acceptors (Lipinski definition) is 6. The van der Waals surface area contributed by atoms with E-state index in [1.54, 1.807) is 11.4 Å². The summed E-state index contributed by atoms with van der Waals surface area (Å²) in [4.78, 5) is 12.5. The van der Waals surface area contributed by atoms with E-state index in [1.807, 2.05) is 0 Å². The number of tetrazole rings is 1. The molecule has 0 aromatic carbocycles. The van der Waals surface area contributed by atoms with Crippen LogP contribution >= 0.6 is 11.3 Å². The molecule has 18 heavy (non-hydrogen) atoms. The third-order valence-electron chi connectivity index (χ3n) is 1.95. The molecule has 3 N–H and O–H groups in total. The summed E-state index contributed by atoms with van der Waals surface area (Å²) < 4.78 is 0. The molecular formula is C10H9N5O2S. The topological polar surface area (TPSA) is 104 Å². The summed E-state index contributed by atoms with van der Waals surface area (Å²) in [7, 11) is 0. The Hall–Kier alpha value is -2.24. The molecule has 92 valence electrons. The summed E-state index contributed by atoms with van der Waals surface area (Å²) in [6.45, 7) is 0.0140. The Kier molecular flexibility index (Phi) is 4.01. The van der Waals surface area contributed by atoms with E-state index in [0.29, 0.717) is 11.4 Å². The van der Waals surface area contributed by atoms with Crippen molar-refractivity contribution in [3.8, 4) is 11.8 Å². The average Bonchev–Trinajstić information content (AvgIpc) is 3.04. The van der Waals surface area contributed by atoms with E-state index in [9.17, 15) is 4.79 Å². The van der Waals surface area contributed by atoms with Crippen LogP contribution in [0.2, 0.25) is 0 Å². The summed E-state index contributed by atoms with van der Waals surface area (Å²) in [5.41, 5.74) is 0.519. The van der Waals surface area contributed by atoms with Gasteiger partial charge in [-0.05, 0) is 6.07 Å². The minimum Gasteiger partial charge on any atom is -0.384 e. The van der Waals surface area contributed by atoms with Gasteiger partial charge in [-0.15, -0.1) is 21.5 Å². The van der Waals surface area contributed by atoms with Crippen LogP contribution in [-0.4, -0.2) is 38.2 Å². The number of aliphatic hydroxyl groups excluding tert-OH is 1. The Balaban J connectivity index is 1.94. The maximum atomic E-state index is 11.7. The molecule has 0 saturated heterocycles. The molecule has 0 spiro atoms. The van der Waals surface area contributed by atoms with Crippen LogP contribution in [0, 0.1) is 11.8 Å². The quantitative estimate of drug-likeness (QED) is 0.650. The number of aliphatic hydroxyl groups is 1. The predicted octanol–water partition coefficient (Wildman–Crippen LogP) is -0.465. The van der Waals surface area contributed by atoms with Gasteiger partial charge in [-0.25, -0.2) is 0 Å². The van der Waals surface area contributed by atoms with Gasteiger partial charge in [-0.2, -0.15) is 5.21 Å². The molecular weight excluding hydrogens is 254 g/mol. The summed E-state index contributed by atoms with van der Waals surface area (Å²) in [5.74, 6) is 5.45. The summed E-state index contributed by atoms with van der Waals surface area (Å²) in [6, 6.07) is 1.67. The molecule has 0 radical (unpaired) electrons. The molecule has 0 aliphatic rings. The third kappa shape index (κ3) is 3.13. The number of aromatic nitrogens is 4. The van der Waals surface area contributed by atoms with E-state index in [4.69, 9.17) is 5.11 Å². The van der Waals surface area contributed by atoms with Crippen LogP contribution in [0.25, 0.3) is 0 Å². The van der Waals surface area contributed by atoms with Crippen molar-refractivity contribution in [1.82, 2.24) is 25.9 Å². The van der Waals surface area contributed by atoms with Crippen LogP contribution in [0.3, 0.4) is 0 Å². The Morgan fingerprint density at radius 2 is 2.50 bits per heavy atom. The van der Waals surface area contributed by atoms with Gasteiger partial charge in [-0.1, -0.05) is 17.1 Å². The molecule has 2 rings (SSSR count). The van der Waals surface area contributed by atoms with Crippen molar-refractivity contribution in [2.45, 2.75) is 6.54 Å². The second-order valence-corrected chi connectivity index (χ2v) is 4.08. The largest absolute Gasteiger partial charge is 0.384 e. The Morgan fingerprint density at radius 1 is 1.61 bits per heavy atom. The van der Waals surface area contributed by atoms with Gasteiger partial charge in [0.05, 0.1) is 17.0 Å². The molecule has 0 bridgehead atoms. The number of carbonyl (C=O) groups is 1. The summed E-state index contributed by atoms with van der Waals surface area (Å²) in [6.07, 6.45) is 0. The second-order valence-electron chi connectivity index (χ2n) is 3.17. The fourth-order valence-corrected chi connectivity index (χ4v) is 1.92. The molecule has 0 aliphatic carbocycles. The fourth-order valence-electron chi connectivity index (χ4n) is 1.17. The van der Waals surface area contributed by atoms with Crippen LogP contribution < -0.4 is 5.32 Å². The highest BCUT2D eigenvalue weighted by atomic mass is 32.1. The first-order valence-electron chi connectivity index (χ1n) is 4.98. The molecule has 2 aromatic rings. The molecule has 8 heteroatoms. The highest BCUT2D eigenvalue weighted by Gasteiger charge is 2.08. The van der Waals surface area contributed by atoms with Crippen LogP contribution in [0.1, 0.15) is 21.1 Å². The lowest BCUT2D eigenvalue weighted by Gasteiger charge is -1.98. The number of nitrogens with one attached hydrogen (secondary N) is 2. The van der Waals surface area contributed by atoms with Gasteiger partial charge in [0.15, 0.2) is 5.82 Å². The molecule has 2 aromatic heterocycles. The highest BCUT2D eigenvalue weighted by Crippen LogP contribution is 2.13. The number of thiophene rings is 1. The van der Waals surface area contributed by atoms with Crippen molar-refractivity contribution < 1.29 is 9.90 Å². The normalized spacial score (nSPS) is 9.61. The first-order valence-corrected chi connectivity index (χ1v) is 5.86. The predicted molar refractivity (Wildman–Crippen MR) is 63.6 cm³/mol. The minimum absolute atomic E-state index is 0.197. The zero-order valence-corrected chi connectivity index (χ0v) is 9.99. The minimum atomic E-state index is -0.229. The first kappa shape index (κ1) is 12.2. The number of rotatable bonds is 3. The van der Waals surface area contributed by atoms with Gasteiger partial charge in [0, 0.05) is 5.38 Å². The smallest absolute Gasteiger partial charge is 0.252 e. The maximum Gasteiger partial charge on any atom is 0.252 e. The number of hydrogen-bond donors (Lipinski definition) is 3. The number of H-pyrrole nitrogens is 1. The SMILES string of the molecule is O=C(NCc1nn[nH]n1)c1csc(C#CCO)c1. The molecule has 0 atom stereocenters. The van der Waals surface area contributed by atoms with E-state index in [1.165, 1.54) is 11.3 Å². The van der Waals surface area contributed by atoms with Crippen molar-refractivity contribution in [1.29, 1.82) is 0 Å². The number of nitrogens with zero attached hydrogens (tertiary/aromatic N) is 3. The third-order valence-corrected chi connectivity index (χ3v) is 2.79. The van der Waals surface area contributed by atoms with E-state index in [2.05, 4.69) is 37.8 Å². The van der Waals surface area contributed by atoms with E-state index in [-0.39, 0.29) is 19.1 Å². The molecule has 0 fully saturated rings.